The lowest BCUT2D eigenvalue weighted by atomic mass is 10.2. The first-order valence-electron chi connectivity index (χ1n) is 4.53. The van der Waals surface area contributed by atoms with E-state index < -0.39 is 18.0 Å². The van der Waals surface area contributed by atoms with Crippen LogP contribution in [0.1, 0.15) is 12.8 Å². The van der Waals surface area contributed by atoms with E-state index in [4.69, 9.17) is 5.84 Å². The van der Waals surface area contributed by atoms with E-state index in [9.17, 15) is 14.4 Å². The van der Waals surface area contributed by atoms with Crippen LogP contribution in [0.15, 0.2) is 5.10 Å². The van der Waals surface area contributed by atoms with Gasteiger partial charge in [-0.25, -0.2) is 20.9 Å². The van der Waals surface area contributed by atoms with E-state index in [-0.39, 0.29) is 18.6 Å². The van der Waals surface area contributed by atoms with Gasteiger partial charge in [-0.15, -0.1) is 0 Å². The summed E-state index contributed by atoms with van der Waals surface area (Å²) in [6.07, 6.45) is -0.0828. The van der Waals surface area contributed by atoms with E-state index in [1.165, 1.54) is 7.11 Å². The Hall–Kier alpha value is -2.16. The molecule has 4 N–H and O–H groups in total. The maximum absolute atomic E-state index is 11.2. The molecule has 0 bridgehead atoms. The summed E-state index contributed by atoms with van der Waals surface area (Å²) in [5, 5.41) is 3.46. The summed E-state index contributed by atoms with van der Waals surface area (Å²) >= 11 is 0. The minimum atomic E-state index is -0.801. The van der Waals surface area contributed by atoms with Gasteiger partial charge in [0.05, 0.1) is 20.6 Å². The fourth-order valence-corrected chi connectivity index (χ4v) is 0.794. The third kappa shape index (κ3) is 6.10. The van der Waals surface area contributed by atoms with Crippen molar-refractivity contribution in [2.24, 2.45) is 10.9 Å². The summed E-state index contributed by atoms with van der Waals surface area (Å²) in [6.45, 7) is 0. The van der Waals surface area contributed by atoms with Crippen molar-refractivity contribution < 1.29 is 23.9 Å². The van der Waals surface area contributed by atoms with Gasteiger partial charge in [-0.2, -0.15) is 5.10 Å². The second-order valence-electron chi connectivity index (χ2n) is 2.71. The van der Waals surface area contributed by atoms with Gasteiger partial charge in [0.15, 0.2) is 0 Å². The van der Waals surface area contributed by atoms with Crippen molar-refractivity contribution in [1.29, 1.82) is 0 Å². The number of urea groups is 1. The maximum atomic E-state index is 11.2. The number of nitrogens with one attached hydrogen (secondary N) is 2. The third-order valence-corrected chi connectivity index (χ3v) is 1.64. The number of amides is 2. The molecule has 9 nitrogen and oxygen atoms in total. The molecule has 0 saturated carbocycles. The monoisotopic (exact) mass is 246 g/mol. The Balaban J connectivity index is 4.48. The van der Waals surface area contributed by atoms with Crippen LogP contribution >= 0.6 is 0 Å². The smallest absolute Gasteiger partial charge is 0.354 e. The number of hydrazone groups is 1. The number of esters is 2. The standard InChI is InChI=1S/C8H14N4O5/c1-16-6(13)4-3-5(7(14)17-2)11-12-8(15)10-9/h3-4,9H2,1-2H3,(H2,10,12,15)/b11-5-. The molecule has 2 amide bonds. The normalized spacial score (nSPS) is 10.4. The highest BCUT2D eigenvalue weighted by Crippen LogP contribution is 1.97. The molecule has 0 radical (unpaired) electrons. The molecule has 0 aliphatic heterocycles. The molecule has 0 spiro atoms. The first-order valence-corrected chi connectivity index (χ1v) is 4.53. The molecule has 0 aromatic rings. The number of nitrogens with zero attached hydrogens (tertiary/aromatic N) is 1. The van der Waals surface area contributed by atoms with E-state index in [1.54, 1.807) is 5.43 Å². The average molecular weight is 246 g/mol. The van der Waals surface area contributed by atoms with Crippen molar-refractivity contribution in [3.8, 4) is 0 Å². The van der Waals surface area contributed by atoms with E-state index >= 15 is 0 Å². The molecule has 17 heavy (non-hydrogen) atoms. The van der Waals surface area contributed by atoms with Crippen LogP contribution in [0, 0.1) is 0 Å². The van der Waals surface area contributed by atoms with Gasteiger partial charge in [0.25, 0.3) is 0 Å². The molecular formula is C8H14N4O5. The van der Waals surface area contributed by atoms with Crippen molar-refractivity contribution in [2.45, 2.75) is 12.8 Å². The Morgan fingerprint density at radius 2 is 1.82 bits per heavy atom. The summed E-state index contributed by atoms with van der Waals surface area (Å²) in [5.41, 5.74) is 3.58. The Morgan fingerprint density at radius 1 is 1.18 bits per heavy atom. The number of methoxy groups -OCH3 is 2. The summed E-state index contributed by atoms with van der Waals surface area (Å²) < 4.78 is 8.81. The quantitative estimate of drug-likeness (QED) is 0.180. The lowest BCUT2D eigenvalue weighted by molar-refractivity contribution is -0.140. The van der Waals surface area contributed by atoms with E-state index in [2.05, 4.69) is 14.6 Å². The molecule has 0 unspecified atom stereocenters. The van der Waals surface area contributed by atoms with Crippen molar-refractivity contribution in [2.75, 3.05) is 14.2 Å². The number of hydrogen-bond donors (Lipinski definition) is 3. The zero-order valence-electron chi connectivity index (χ0n) is 9.48. The molecule has 0 saturated heterocycles. The van der Waals surface area contributed by atoms with Gasteiger partial charge in [0, 0.05) is 6.42 Å². The Labute approximate surface area is 97.3 Å². The van der Waals surface area contributed by atoms with Crippen LogP contribution in [-0.2, 0) is 19.1 Å². The van der Waals surface area contributed by atoms with Crippen LogP contribution in [0.25, 0.3) is 0 Å². The van der Waals surface area contributed by atoms with Gasteiger partial charge in [-0.1, -0.05) is 0 Å². The van der Waals surface area contributed by atoms with Gasteiger partial charge in [-0.05, 0) is 0 Å². The van der Waals surface area contributed by atoms with Crippen LogP contribution in [0.2, 0.25) is 0 Å². The van der Waals surface area contributed by atoms with E-state index in [0.29, 0.717) is 0 Å². The topological polar surface area (TPSA) is 132 Å². The summed E-state index contributed by atoms with van der Waals surface area (Å²) in [5.74, 6) is 3.52. The van der Waals surface area contributed by atoms with Crippen LogP contribution in [0.5, 0.6) is 0 Å². The molecule has 96 valence electrons. The number of carbonyl (C=O) groups excluding carboxylic acids is 3. The molecule has 0 rings (SSSR count). The van der Waals surface area contributed by atoms with Crippen molar-refractivity contribution >= 4 is 23.7 Å². The molecule has 0 heterocycles. The third-order valence-electron chi connectivity index (χ3n) is 1.64. The van der Waals surface area contributed by atoms with Gasteiger partial charge in [0.2, 0.25) is 0 Å². The van der Waals surface area contributed by atoms with E-state index in [1.807, 2.05) is 5.43 Å². The molecule has 0 aliphatic rings. The minimum Gasteiger partial charge on any atom is -0.469 e. The van der Waals surface area contributed by atoms with Crippen molar-refractivity contribution in [3.05, 3.63) is 0 Å². The molecular weight excluding hydrogens is 232 g/mol. The molecule has 9 heteroatoms. The molecule has 0 fully saturated rings. The van der Waals surface area contributed by atoms with Crippen LogP contribution in [-0.4, -0.2) is 37.9 Å². The predicted octanol–water partition coefficient (Wildman–Crippen LogP) is -1.36. The Bertz CT molecular complexity index is 328. The zero-order valence-corrected chi connectivity index (χ0v) is 9.48. The van der Waals surface area contributed by atoms with E-state index in [0.717, 1.165) is 7.11 Å². The lowest BCUT2D eigenvalue weighted by Crippen LogP contribution is -2.38. The molecule has 0 atom stereocenters. The number of hydrogen-bond acceptors (Lipinski definition) is 7. The highest BCUT2D eigenvalue weighted by atomic mass is 16.5. The summed E-state index contributed by atoms with van der Waals surface area (Å²) in [4.78, 5) is 32.8. The number of carbonyl (C=O) groups is 3. The molecule has 0 aliphatic carbocycles. The van der Waals surface area contributed by atoms with Gasteiger partial charge < -0.3 is 9.47 Å². The van der Waals surface area contributed by atoms with Gasteiger partial charge >= 0.3 is 18.0 Å². The largest absolute Gasteiger partial charge is 0.469 e. The predicted molar refractivity (Wildman–Crippen MR) is 56.6 cm³/mol. The maximum Gasteiger partial charge on any atom is 0.354 e. The second-order valence-corrected chi connectivity index (χ2v) is 2.71. The number of ether oxygens (including phenoxy) is 2. The highest BCUT2D eigenvalue weighted by Gasteiger charge is 2.14. The minimum absolute atomic E-state index is 0.0236. The SMILES string of the molecule is COC(=O)CC/C(=N/NC(=O)NN)C(=O)OC. The van der Waals surface area contributed by atoms with Crippen molar-refractivity contribution in [1.82, 2.24) is 10.9 Å². The average Bonchev–Trinajstić information content (AvgIpc) is 2.36. The first-order chi connectivity index (χ1) is 8.04. The molecule has 0 aromatic heterocycles. The fraction of sp³-hybridized carbons (Fsp3) is 0.500. The zero-order chi connectivity index (χ0) is 13.3. The highest BCUT2D eigenvalue weighted by molar-refractivity contribution is 6.36. The van der Waals surface area contributed by atoms with Gasteiger partial charge in [-0.3, -0.25) is 10.2 Å². The van der Waals surface area contributed by atoms with Crippen LogP contribution in [0.3, 0.4) is 0 Å². The number of rotatable bonds is 5. The summed E-state index contributed by atoms with van der Waals surface area (Å²) in [7, 11) is 2.37. The number of nitrogens with two attached hydrogens (primary N) is 1. The first kappa shape index (κ1) is 14.8. The summed E-state index contributed by atoms with van der Waals surface area (Å²) in [6, 6.07) is -0.801. The van der Waals surface area contributed by atoms with Crippen LogP contribution < -0.4 is 16.7 Å². The van der Waals surface area contributed by atoms with Crippen molar-refractivity contribution in [3.63, 3.8) is 0 Å². The Morgan fingerprint density at radius 3 is 2.29 bits per heavy atom. The fourth-order valence-electron chi connectivity index (χ4n) is 0.794. The second kappa shape index (κ2) is 8.05. The lowest BCUT2D eigenvalue weighted by Gasteiger charge is -2.04. The van der Waals surface area contributed by atoms with Crippen LogP contribution in [0.4, 0.5) is 4.79 Å². The van der Waals surface area contributed by atoms with Gasteiger partial charge in [0.1, 0.15) is 5.71 Å². The number of hydrazine groups is 1. The Kier molecular flexibility index (Phi) is 7.02. The molecule has 0 aromatic carbocycles.